The van der Waals surface area contributed by atoms with Crippen molar-refractivity contribution in [3.05, 3.63) is 231 Å². The lowest BCUT2D eigenvalue weighted by atomic mass is 9.87. The summed E-state index contributed by atoms with van der Waals surface area (Å²) >= 11 is 3.69. The number of ether oxygens (including phenoxy) is 1. The fraction of sp³-hybridized carbons (Fsp3) is 0.241. The van der Waals surface area contributed by atoms with E-state index in [0.29, 0.717) is 35.2 Å². The van der Waals surface area contributed by atoms with Crippen molar-refractivity contribution in [2.75, 3.05) is 19.7 Å². The summed E-state index contributed by atoms with van der Waals surface area (Å²) in [5.74, 6) is 1.42. The van der Waals surface area contributed by atoms with Crippen molar-refractivity contribution in [2.45, 2.75) is 67.6 Å². The van der Waals surface area contributed by atoms with E-state index in [9.17, 15) is 0 Å². The molecule has 0 spiro atoms. The first-order valence-corrected chi connectivity index (χ1v) is 31.4. The molecule has 6 aromatic carbocycles. The second-order valence-electron chi connectivity index (χ2n) is 17.9. The zero-order valence-electron chi connectivity index (χ0n) is 38.1. The molecule has 0 N–H and O–H groups in total. The summed E-state index contributed by atoms with van der Waals surface area (Å²) < 4.78 is 13.2. The average molecular weight is 987 g/mol. The Kier molecular flexibility index (Phi) is 14.6. The Balaban J connectivity index is 1.05. The van der Waals surface area contributed by atoms with Crippen LogP contribution in [0.15, 0.2) is 204 Å². The summed E-state index contributed by atoms with van der Waals surface area (Å²) in [7, 11) is -2.92. The molecule has 2 fully saturated rings. The van der Waals surface area contributed by atoms with Crippen LogP contribution in [0.25, 0.3) is 0 Å². The fourth-order valence-corrected chi connectivity index (χ4v) is 28.0. The number of benzene rings is 6. The molecule has 0 aliphatic carbocycles. The second kappa shape index (κ2) is 21.4. The number of rotatable bonds is 14. The molecule has 67 heavy (non-hydrogen) atoms. The third kappa shape index (κ3) is 9.47. The topological polar surface area (TPSA) is 15.7 Å². The van der Waals surface area contributed by atoms with Crippen LogP contribution in [-0.4, -0.2) is 28.6 Å². The maximum absolute atomic E-state index is 7.17. The van der Waals surface area contributed by atoms with Gasteiger partial charge in [0.25, 0.3) is 0 Å². The van der Waals surface area contributed by atoms with Gasteiger partial charge in [-0.05, 0) is 127 Å². The van der Waals surface area contributed by atoms with Crippen LogP contribution >= 0.6 is 55.0 Å². The molecule has 0 radical (unpaired) electrons. The smallest absolute Gasteiger partial charge is 0.128 e. The van der Waals surface area contributed by atoms with E-state index in [4.69, 9.17) is 4.74 Å². The Bertz CT molecular complexity index is 2690. The summed E-state index contributed by atoms with van der Waals surface area (Å²) in [6.07, 6.45) is 5.89. The highest BCUT2D eigenvalue weighted by Gasteiger charge is 2.51. The minimum atomic E-state index is -0.881. The molecule has 8 aromatic rings. The molecule has 0 saturated carbocycles. The molecule has 3 unspecified atom stereocenters. The third-order valence-electron chi connectivity index (χ3n) is 13.9. The van der Waals surface area contributed by atoms with E-state index in [0.717, 1.165) is 25.3 Å². The maximum atomic E-state index is 7.17. The molecular weight excluding hydrogens is 929 g/mol. The van der Waals surface area contributed by atoms with Crippen LogP contribution in [0.1, 0.15) is 95.4 Å². The van der Waals surface area contributed by atoms with Crippen molar-refractivity contribution in [3.63, 3.8) is 0 Å². The van der Waals surface area contributed by atoms with Crippen molar-refractivity contribution in [1.82, 2.24) is 8.88 Å². The zero-order chi connectivity index (χ0) is 44.9. The van der Waals surface area contributed by atoms with Gasteiger partial charge in [-0.1, -0.05) is 171 Å². The number of nitrogens with zero attached hydrogens (tertiary/aromatic N) is 2. The fourth-order valence-electron chi connectivity index (χ4n) is 10.9. The van der Waals surface area contributed by atoms with Gasteiger partial charge in [0.2, 0.25) is 0 Å². The Morgan fingerprint density at radius 2 is 1.15 bits per heavy atom. The number of unbranched alkanes of at least 4 members (excludes halogenated alkanes) is 1. The van der Waals surface area contributed by atoms with Crippen molar-refractivity contribution in [3.8, 4) is 5.75 Å². The standard InChI is InChI=1S/C58H58N2OP4S2/c1-2-3-35-59(62(50-33-38-66-42-50)51-34-39-67-43-51)65-57(46-23-13-6-14-24-46)41-52(58(65)47-25-15-7-16-26-47)48-29-30-56-53(40-48)61-37-36-60(63(56)49-27-17-8-18-28-49)64-54(44-19-9-4-10-20-44)31-32-55(64)45-21-11-5-12-22-45/h4-30,33-34,38-40,42-43,52,54-55,57-58H,2-3,31-32,35-37,41H2,1H3/t52?,54-,55-,57-,58+,63?,65?/m1/s1. The highest BCUT2D eigenvalue weighted by molar-refractivity contribution is 7.80. The van der Waals surface area contributed by atoms with E-state index < -0.39 is 32.3 Å². The van der Waals surface area contributed by atoms with Gasteiger partial charge in [-0.3, -0.25) is 4.44 Å². The SMILES string of the molecule is CCCCN(P(c1ccsc1)c1ccsc1)P1[C@@H](c2ccccc2)CC(c2ccc3c(c2)OCCN(P2[C@@H](c4ccccc4)CC[C@@H]2c2ccccc2)P3c2ccccc2)[C@@H]1c1ccccc1. The first-order chi connectivity index (χ1) is 33.2. The molecule has 11 rings (SSSR count). The van der Waals surface area contributed by atoms with Gasteiger partial charge in [-0.2, -0.15) is 22.7 Å². The van der Waals surface area contributed by atoms with Gasteiger partial charge in [-0.25, -0.2) is 4.44 Å². The molecule has 7 atom stereocenters. The molecule has 338 valence electrons. The predicted molar refractivity (Wildman–Crippen MR) is 295 cm³/mol. The first-order valence-electron chi connectivity index (χ1n) is 24.0. The lowest BCUT2D eigenvalue weighted by Gasteiger charge is -2.42. The molecule has 9 heteroatoms. The Hall–Kier alpha value is -3.84. The van der Waals surface area contributed by atoms with E-state index in [1.165, 1.54) is 74.7 Å². The molecule has 3 aliphatic rings. The van der Waals surface area contributed by atoms with Crippen LogP contribution in [0.3, 0.4) is 0 Å². The van der Waals surface area contributed by atoms with Gasteiger partial charge >= 0.3 is 0 Å². The maximum Gasteiger partial charge on any atom is 0.128 e. The van der Waals surface area contributed by atoms with Crippen molar-refractivity contribution >= 4 is 76.2 Å². The van der Waals surface area contributed by atoms with Crippen molar-refractivity contribution in [2.24, 2.45) is 0 Å². The number of hydrogen-bond donors (Lipinski definition) is 0. The quantitative estimate of drug-likeness (QED) is 0.101. The zero-order valence-corrected chi connectivity index (χ0v) is 43.3. The van der Waals surface area contributed by atoms with Gasteiger partial charge in [0, 0.05) is 67.8 Å². The molecule has 0 amide bonds. The summed E-state index contributed by atoms with van der Waals surface area (Å²) in [5, 5.41) is 15.2. The van der Waals surface area contributed by atoms with E-state index in [1.807, 2.05) is 22.7 Å². The summed E-state index contributed by atoms with van der Waals surface area (Å²) in [5.41, 5.74) is 9.12. The lowest BCUT2D eigenvalue weighted by Crippen LogP contribution is -2.27. The number of hydrogen-bond acceptors (Lipinski definition) is 5. The van der Waals surface area contributed by atoms with Crippen LogP contribution in [0, 0.1) is 0 Å². The van der Waals surface area contributed by atoms with Crippen LogP contribution in [0.5, 0.6) is 5.75 Å². The van der Waals surface area contributed by atoms with Crippen LogP contribution in [-0.2, 0) is 0 Å². The Labute approximate surface area is 411 Å². The van der Waals surface area contributed by atoms with Crippen LogP contribution < -0.4 is 26.0 Å². The molecule has 5 heterocycles. The summed E-state index contributed by atoms with van der Waals surface area (Å²) in [6, 6.07) is 70.1. The third-order valence-corrected chi connectivity index (χ3v) is 28.6. The van der Waals surface area contributed by atoms with E-state index >= 15 is 0 Å². The largest absolute Gasteiger partial charge is 0.491 e. The average Bonchev–Trinajstić information content (AvgIpc) is 4.24. The predicted octanol–water partition coefficient (Wildman–Crippen LogP) is 16.0. The van der Waals surface area contributed by atoms with E-state index in [1.54, 1.807) is 0 Å². The summed E-state index contributed by atoms with van der Waals surface area (Å²) in [6.45, 7) is 5.07. The minimum Gasteiger partial charge on any atom is -0.491 e. The second-order valence-corrected chi connectivity index (χ2v) is 29.2. The molecule has 3 aliphatic heterocycles. The number of fused-ring (bicyclic) bond motifs is 1. The van der Waals surface area contributed by atoms with Gasteiger partial charge < -0.3 is 4.74 Å². The van der Waals surface area contributed by atoms with Gasteiger partial charge in [0.15, 0.2) is 0 Å². The highest BCUT2D eigenvalue weighted by Crippen LogP contribution is 2.80. The summed E-state index contributed by atoms with van der Waals surface area (Å²) in [4.78, 5) is 0. The van der Waals surface area contributed by atoms with Crippen molar-refractivity contribution in [1.29, 1.82) is 0 Å². The molecule has 2 saturated heterocycles. The van der Waals surface area contributed by atoms with Crippen LogP contribution in [0.2, 0.25) is 0 Å². The van der Waals surface area contributed by atoms with Gasteiger partial charge in [0.1, 0.15) is 12.4 Å². The first kappa shape index (κ1) is 45.6. The number of thiophene rings is 2. The molecule has 3 nitrogen and oxygen atoms in total. The minimum absolute atomic E-state index is 0.324. The normalized spacial score (nSPS) is 23.3. The van der Waals surface area contributed by atoms with Gasteiger partial charge in [0.05, 0.1) is 0 Å². The van der Waals surface area contributed by atoms with E-state index in [2.05, 4.69) is 219 Å². The molecule has 2 aromatic heterocycles. The van der Waals surface area contributed by atoms with Crippen molar-refractivity contribution < 1.29 is 4.74 Å². The van der Waals surface area contributed by atoms with Crippen LogP contribution in [0.4, 0.5) is 0 Å². The monoisotopic (exact) mass is 986 g/mol. The Morgan fingerprint density at radius 3 is 1.69 bits per heavy atom. The molecule has 0 bridgehead atoms. The highest BCUT2D eigenvalue weighted by atomic mass is 32.1. The Morgan fingerprint density at radius 1 is 0.612 bits per heavy atom. The molecular formula is C58H58N2OP4S2. The lowest BCUT2D eigenvalue weighted by molar-refractivity contribution is 0.314. The van der Waals surface area contributed by atoms with Gasteiger partial charge in [-0.15, -0.1) is 0 Å². The van der Waals surface area contributed by atoms with E-state index in [-0.39, 0.29) is 0 Å².